The van der Waals surface area contributed by atoms with E-state index < -0.39 is 0 Å². The van der Waals surface area contributed by atoms with Crippen LogP contribution in [0.5, 0.6) is 0 Å². The fraction of sp³-hybridized carbons (Fsp3) is 0.0667. The first-order chi connectivity index (χ1) is 8.88. The predicted octanol–water partition coefficient (Wildman–Crippen LogP) is 3.74. The number of hydrogen-bond acceptors (Lipinski definition) is 2. The van der Waals surface area contributed by atoms with E-state index in [0.717, 1.165) is 11.4 Å². The van der Waals surface area contributed by atoms with Gasteiger partial charge < -0.3 is 5.32 Å². The summed E-state index contributed by atoms with van der Waals surface area (Å²) in [5.74, 6) is 0.648. The molecule has 0 aromatic heterocycles. The van der Waals surface area contributed by atoms with Crippen LogP contribution in [0.3, 0.4) is 0 Å². The van der Waals surface area contributed by atoms with Crippen LogP contribution in [-0.2, 0) is 0 Å². The normalized spacial score (nSPS) is 10.7. The molecule has 3 heteroatoms. The molecule has 0 unspecified atom stereocenters. The monoisotopic (exact) mass is 235 g/mol. The van der Waals surface area contributed by atoms with E-state index in [4.69, 9.17) is 5.26 Å². The molecule has 0 fully saturated rings. The smallest absolute Gasteiger partial charge is 0.121 e. The highest BCUT2D eigenvalue weighted by Gasteiger charge is 1.99. The van der Waals surface area contributed by atoms with Gasteiger partial charge in [-0.1, -0.05) is 36.4 Å². The molecule has 2 aromatic carbocycles. The molecule has 0 radical (unpaired) electrons. The molecule has 0 saturated heterocycles. The minimum Gasteiger partial charge on any atom is -0.343 e. The van der Waals surface area contributed by atoms with Gasteiger partial charge >= 0.3 is 0 Å². The lowest BCUT2D eigenvalue weighted by Gasteiger charge is -2.06. The van der Waals surface area contributed by atoms with Gasteiger partial charge in [-0.3, -0.25) is 0 Å². The molecule has 0 bridgehead atoms. The van der Waals surface area contributed by atoms with Crippen LogP contribution in [0.15, 0.2) is 65.7 Å². The molecule has 3 nitrogen and oxygen atoms in total. The van der Waals surface area contributed by atoms with Crippen LogP contribution in [0.4, 0.5) is 11.4 Å². The Kier molecular flexibility index (Phi) is 4.10. The Bertz CT molecular complexity index is 553. The number of rotatable bonds is 3. The highest BCUT2D eigenvalue weighted by atomic mass is 15.0. The fourth-order valence-corrected chi connectivity index (χ4v) is 1.53. The number of nitrogens with one attached hydrogen (secondary N) is 1. The molecule has 0 atom stereocenters. The van der Waals surface area contributed by atoms with Gasteiger partial charge in [0.15, 0.2) is 0 Å². The van der Waals surface area contributed by atoms with E-state index in [0.29, 0.717) is 5.84 Å². The topological polar surface area (TPSA) is 48.2 Å². The van der Waals surface area contributed by atoms with Gasteiger partial charge in [-0.2, -0.15) is 5.26 Å². The van der Waals surface area contributed by atoms with Crippen molar-refractivity contribution in [3.8, 4) is 6.07 Å². The zero-order valence-corrected chi connectivity index (χ0v) is 9.88. The minimum absolute atomic E-state index is 0.254. The van der Waals surface area contributed by atoms with Crippen LogP contribution in [-0.4, -0.2) is 5.84 Å². The van der Waals surface area contributed by atoms with Gasteiger partial charge in [0.1, 0.15) is 5.84 Å². The molecular weight excluding hydrogens is 222 g/mol. The number of aliphatic imine (C=N–C) groups is 1. The Morgan fingerprint density at radius 1 is 1.00 bits per heavy atom. The maximum absolute atomic E-state index is 8.82. The molecular formula is C15H13N3. The summed E-state index contributed by atoms with van der Waals surface area (Å²) in [5, 5.41) is 12.0. The molecule has 18 heavy (non-hydrogen) atoms. The largest absolute Gasteiger partial charge is 0.343 e. The van der Waals surface area contributed by atoms with Crippen molar-refractivity contribution in [1.82, 2.24) is 0 Å². The number of amidine groups is 1. The number of nitriles is 1. The van der Waals surface area contributed by atoms with Crippen molar-refractivity contribution in [2.24, 2.45) is 4.99 Å². The average Bonchev–Trinajstić information content (AvgIpc) is 2.41. The van der Waals surface area contributed by atoms with Gasteiger partial charge in [0.2, 0.25) is 0 Å². The molecule has 0 spiro atoms. The molecule has 1 N–H and O–H groups in total. The first-order valence-corrected chi connectivity index (χ1v) is 5.70. The second kappa shape index (κ2) is 6.21. The molecule has 0 amide bonds. The molecule has 0 aliphatic rings. The molecule has 2 aromatic rings. The number of nitrogens with zero attached hydrogens (tertiary/aromatic N) is 2. The van der Waals surface area contributed by atoms with Crippen molar-refractivity contribution in [2.75, 3.05) is 5.32 Å². The van der Waals surface area contributed by atoms with Crippen molar-refractivity contribution in [1.29, 1.82) is 5.26 Å². The third-order valence-electron chi connectivity index (χ3n) is 2.33. The second-order valence-corrected chi connectivity index (χ2v) is 3.72. The Balaban J connectivity index is 2.19. The van der Waals surface area contributed by atoms with Crippen molar-refractivity contribution >= 4 is 17.2 Å². The first-order valence-electron chi connectivity index (χ1n) is 5.70. The van der Waals surface area contributed by atoms with E-state index in [1.807, 2.05) is 60.7 Å². The van der Waals surface area contributed by atoms with Crippen LogP contribution in [0, 0.1) is 11.3 Å². The lowest BCUT2D eigenvalue weighted by atomic mass is 10.3. The molecule has 2 rings (SSSR count). The van der Waals surface area contributed by atoms with E-state index in [9.17, 15) is 0 Å². The van der Waals surface area contributed by atoms with Gasteiger partial charge in [-0.25, -0.2) is 4.99 Å². The average molecular weight is 235 g/mol. The molecule has 0 saturated carbocycles. The lowest BCUT2D eigenvalue weighted by molar-refractivity contribution is 1.35. The summed E-state index contributed by atoms with van der Waals surface area (Å²) in [6.45, 7) is 0. The summed E-state index contributed by atoms with van der Waals surface area (Å²) in [6.07, 6.45) is 0.254. The lowest BCUT2D eigenvalue weighted by Crippen LogP contribution is -2.10. The van der Waals surface area contributed by atoms with Gasteiger partial charge in [0.25, 0.3) is 0 Å². The predicted molar refractivity (Wildman–Crippen MR) is 73.8 cm³/mol. The van der Waals surface area contributed by atoms with Crippen LogP contribution in [0.25, 0.3) is 0 Å². The Labute approximate surface area is 106 Å². The Hall–Kier alpha value is -2.60. The maximum Gasteiger partial charge on any atom is 0.121 e. The zero-order chi connectivity index (χ0) is 12.6. The molecule has 0 heterocycles. The van der Waals surface area contributed by atoms with Gasteiger partial charge in [-0.15, -0.1) is 0 Å². The summed E-state index contributed by atoms with van der Waals surface area (Å²) in [6, 6.07) is 21.4. The summed E-state index contributed by atoms with van der Waals surface area (Å²) in [4.78, 5) is 4.43. The van der Waals surface area contributed by atoms with Gasteiger partial charge in [0, 0.05) is 5.69 Å². The van der Waals surface area contributed by atoms with Crippen LogP contribution in [0.2, 0.25) is 0 Å². The van der Waals surface area contributed by atoms with Gasteiger partial charge in [0.05, 0.1) is 18.2 Å². The number of para-hydroxylation sites is 2. The van der Waals surface area contributed by atoms with E-state index in [2.05, 4.69) is 16.4 Å². The summed E-state index contributed by atoms with van der Waals surface area (Å²) >= 11 is 0. The number of benzene rings is 2. The fourth-order valence-electron chi connectivity index (χ4n) is 1.53. The Morgan fingerprint density at radius 3 is 2.22 bits per heavy atom. The summed E-state index contributed by atoms with van der Waals surface area (Å²) in [5.41, 5.74) is 1.77. The van der Waals surface area contributed by atoms with Crippen LogP contribution < -0.4 is 5.32 Å². The van der Waals surface area contributed by atoms with E-state index >= 15 is 0 Å². The van der Waals surface area contributed by atoms with E-state index in [1.165, 1.54) is 0 Å². The first kappa shape index (κ1) is 11.9. The molecule has 0 aliphatic heterocycles. The summed E-state index contributed by atoms with van der Waals surface area (Å²) in [7, 11) is 0. The van der Waals surface area contributed by atoms with E-state index in [1.54, 1.807) is 0 Å². The maximum atomic E-state index is 8.82. The molecule has 0 aliphatic carbocycles. The van der Waals surface area contributed by atoms with Crippen molar-refractivity contribution in [2.45, 2.75) is 6.42 Å². The van der Waals surface area contributed by atoms with Crippen LogP contribution >= 0.6 is 0 Å². The highest BCUT2D eigenvalue weighted by molar-refractivity contribution is 5.98. The minimum atomic E-state index is 0.254. The second-order valence-electron chi connectivity index (χ2n) is 3.72. The van der Waals surface area contributed by atoms with Crippen LogP contribution in [0.1, 0.15) is 6.42 Å². The number of anilines is 1. The highest BCUT2D eigenvalue weighted by Crippen LogP contribution is 2.13. The van der Waals surface area contributed by atoms with Crippen molar-refractivity contribution in [3.63, 3.8) is 0 Å². The van der Waals surface area contributed by atoms with Crippen molar-refractivity contribution < 1.29 is 0 Å². The third kappa shape index (κ3) is 3.46. The number of hydrogen-bond donors (Lipinski definition) is 1. The summed E-state index contributed by atoms with van der Waals surface area (Å²) < 4.78 is 0. The molecule has 88 valence electrons. The Morgan fingerprint density at radius 2 is 1.61 bits per heavy atom. The third-order valence-corrected chi connectivity index (χ3v) is 2.33. The van der Waals surface area contributed by atoms with Gasteiger partial charge in [-0.05, 0) is 24.3 Å². The van der Waals surface area contributed by atoms with Crippen molar-refractivity contribution in [3.05, 3.63) is 60.7 Å². The standard InChI is InChI=1S/C15H13N3/c16-12-11-15(17-13-7-3-1-4-8-13)18-14-9-5-2-6-10-14/h1-10H,11H2,(H,17,18). The quantitative estimate of drug-likeness (QED) is 0.650. The van der Waals surface area contributed by atoms with E-state index in [-0.39, 0.29) is 6.42 Å². The zero-order valence-electron chi connectivity index (χ0n) is 9.88. The SMILES string of the molecule is N#CCC(=Nc1ccccc1)Nc1ccccc1.